The summed E-state index contributed by atoms with van der Waals surface area (Å²) < 4.78 is 32.0. The smallest absolute Gasteiger partial charge is 0.397 e. The molecule has 0 aliphatic heterocycles. The van der Waals surface area contributed by atoms with Crippen LogP contribution < -0.4 is 0 Å². The molecule has 11 heavy (non-hydrogen) atoms. The molecule has 0 rings (SSSR count). The number of unbranched alkanes of at least 4 members (excludes halogenated alkanes) is 2. The van der Waals surface area contributed by atoms with Crippen molar-refractivity contribution in [1.29, 1.82) is 0 Å². The highest BCUT2D eigenvalue weighted by Gasteiger charge is 2.01. The lowest BCUT2D eigenvalue weighted by molar-refractivity contribution is 0.262. The van der Waals surface area contributed by atoms with Crippen LogP contribution in [0.25, 0.3) is 0 Å². The van der Waals surface area contributed by atoms with Crippen LogP contribution in [0.15, 0.2) is 0 Å². The van der Waals surface area contributed by atoms with Crippen molar-refractivity contribution in [3.05, 3.63) is 0 Å². The molecule has 0 fully saturated rings. The third-order valence-corrected chi connectivity index (χ3v) is 1.44. The minimum atomic E-state index is -4.20. The van der Waals surface area contributed by atoms with Crippen molar-refractivity contribution < 1.29 is 22.6 Å². The second-order valence-corrected chi connectivity index (χ2v) is 3.05. The number of hydrogen-bond acceptors (Lipinski definition) is 3. The standard InChI is InChI=1S/C5H12O4S.H2O/c1-2-3-4-5-9-10(6,7)8;/h2-5H2,1H3,(H,6,7,8);1H2. The molecule has 0 heterocycles. The van der Waals surface area contributed by atoms with E-state index in [2.05, 4.69) is 4.18 Å². The largest absolute Gasteiger partial charge is 0.412 e. The summed E-state index contributed by atoms with van der Waals surface area (Å²) in [4.78, 5) is 0. The highest BCUT2D eigenvalue weighted by Crippen LogP contribution is 1.96. The summed E-state index contributed by atoms with van der Waals surface area (Å²) in [6.45, 7) is 2.07. The zero-order chi connectivity index (χ0) is 8.04. The SMILES string of the molecule is CCCCCOS(=O)(=O)O.O. The van der Waals surface area contributed by atoms with Gasteiger partial charge in [0.05, 0.1) is 6.61 Å². The molecule has 0 saturated heterocycles. The molecule has 0 aliphatic carbocycles. The Labute approximate surface area is 66.6 Å². The van der Waals surface area contributed by atoms with E-state index < -0.39 is 10.4 Å². The Bertz CT molecular complexity index is 162. The first-order valence-electron chi connectivity index (χ1n) is 3.18. The number of hydrogen-bond donors (Lipinski definition) is 1. The van der Waals surface area contributed by atoms with E-state index in [1.165, 1.54) is 0 Å². The molecule has 5 nitrogen and oxygen atoms in total. The van der Waals surface area contributed by atoms with E-state index in [0.29, 0.717) is 6.42 Å². The molecule has 0 unspecified atom stereocenters. The molecular weight excluding hydrogens is 172 g/mol. The van der Waals surface area contributed by atoms with Crippen molar-refractivity contribution in [2.75, 3.05) is 6.61 Å². The number of rotatable bonds is 5. The van der Waals surface area contributed by atoms with Gasteiger partial charge in [-0.05, 0) is 6.42 Å². The average molecular weight is 186 g/mol. The maximum atomic E-state index is 9.93. The molecule has 0 spiro atoms. The minimum absolute atomic E-state index is 0. The maximum Gasteiger partial charge on any atom is 0.397 e. The van der Waals surface area contributed by atoms with Crippen molar-refractivity contribution in [1.82, 2.24) is 0 Å². The van der Waals surface area contributed by atoms with Crippen LogP contribution in [-0.4, -0.2) is 25.1 Å². The highest BCUT2D eigenvalue weighted by molar-refractivity contribution is 7.80. The quantitative estimate of drug-likeness (QED) is 0.489. The van der Waals surface area contributed by atoms with Crippen LogP contribution in [0, 0.1) is 0 Å². The third-order valence-electron chi connectivity index (χ3n) is 0.980. The van der Waals surface area contributed by atoms with Gasteiger partial charge in [0.15, 0.2) is 0 Å². The van der Waals surface area contributed by atoms with Gasteiger partial charge >= 0.3 is 10.4 Å². The summed E-state index contributed by atoms with van der Waals surface area (Å²) in [6.07, 6.45) is 2.57. The first kappa shape index (κ1) is 13.4. The Balaban J connectivity index is 0. The predicted octanol–water partition coefficient (Wildman–Crippen LogP) is 0.171. The van der Waals surface area contributed by atoms with Gasteiger partial charge in [0, 0.05) is 0 Å². The molecule has 0 saturated carbocycles. The summed E-state index contributed by atoms with van der Waals surface area (Å²) >= 11 is 0. The fourth-order valence-corrected chi connectivity index (χ4v) is 0.845. The predicted molar refractivity (Wildman–Crippen MR) is 40.6 cm³/mol. The second-order valence-electron chi connectivity index (χ2n) is 1.96. The molecule has 70 valence electrons. The maximum absolute atomic E-state index is 9.93. The minimum Gasteiger partial charge on any atom is -0.412 e. The lowest BCUT2D eigenvalue weighted by Crippen LogP contribution is -2.04. The lowest BCUT2D eigenvalue weighted by Gasteiger charge is -1.96. The molecule has 0 atom stereocenters. The van der Waals surface area contributed by atoms with E-state index in [4.69, 9.17) is 4.55 Å². The summed E-state index contributed by atoms with van der Waals surface area (Å²) in [6, 6.07) is 0. The monoisotopic (exact) mass is 186 g/mol. The van der Waals surface area contributed by atoms with Crippen molar-refractivity contribution in [3.63, 3.8) is 0 Å². The van der Waals surface area contributed by atoms with E-state index in [0.717, 1.165) is 12.8 Å². The highest BCUT2D eigenvalue weighted by atomic mass is 32.3. The van der Waals surface area contributed by atoms with Crippen molar-refractivity contribution >= 4 is 10.4 Å². The Kier molecular flexibility index (Phi) is 7.97. The molecule has 0 amide bonds. The second kappa shape index (κ2) is 6.53. The molecular formula is C5H14O5S. The van der Waals surface area contributed by atoms with Gasteiger partial charge in [0.2, 0.25) is 0 Å². The normalized spacial score (nSPS) is 10.7. The first-order chi connectivity index (χ1) is 4.56. The summed E-state index contributed by atoms with van der Waals surface area (Å²) in [5.41, 5.74) is 0. The van der Waals surface area contributed by atoms with Gasteiger partial charge < -0.3 is 5.48 Å². The van der Waals surface area contributed by atoms with Crippen molar-refractivity contribution in [2.45, 2.75) is 26.2 Å². The van der Waals surface area contributed by atoms with Gasteiger partial charge in [-0.25, -0.2) is 4.18 Å². The summed E-state index contributed by atoms with van der Waals surface area (Å²) in [7, 11) is -4.20. The topological polar surface area (TPSA) is 95.1 Å². The van der Waals surface area contributed by atoms with E-state index in [-0.39, 0.29) is 12.1 Å². The molecule has 0 aromatic heterocycles. The summed E-state index contributed by atoms with van der Waals surface area (Å²) in [5.74, 6) is 0. The van der Waals surface area contributed by atoms with Crippen molar-refractivity contribution in [2.24, 2.45) is 0 Å². The fraction of sp³-hybridized carbons (Fsp3) is 1.00. The van der Waals surface area contributed by atoms with Gasteiger partial charge in [-0.15, -0.1) is 0 Å². The van der Waals surface area contributed by atoms with Gasteiger partial charge in [-0.1, -0.05) is 19.8 Å². The zero-order valence-electron chi connectivity index (χ0n) is 6.41. The van der Waals surface area contributed by atoms with E-state index >= 15 is 0 Å². The molecule has 6 heteroatoms. The average Bonchev–Trinajstić information content (AvgIpc) is 1.78. The van der Waals surface area contributed by atoms with Crippen LogP contribution in [0.2, 0.25) is 0 Å². The zero-order valence-corrected chi connectivity index (χ0v) is 7.23. The van der Waals surface area contributed by atoms with Crippen molar-refractivity contribution in [3.8, 4) is 0 Å². The molecule has 0 aromatic carbocycles. The van der Waals surface area contributed by atoms with E-state index in [1.54, 1.807) is 0 Å². The van der Waals surface area contributed by atoms with Crippen LogP contribution in [0.3, 0.4) is 0 Å². The Hall–Kier alpha value is -0.170. The van der Waals surface area contributed by atoms with E-state index in [1.807, 2.05) is 6.92 Å². The van der Waals surface area contributed by atoms with Gasteiger partial charge in [-0.2, -0.15) is 8.42 Å². The molecule has 0 aliphatic rings. The Morgan fingerprint density at radius 3 is 2.27 bits per heavy atom. The third kappa shape index (κ3) is 12.9. The molecule has 0 bridgehead atoms. The molecule has 0 radical (unpaired) electrons. The van der Waals surface area contributed by atoms with Gasteiger partial charge in [0.25, 0.3) is 0 Å². The van der Waals surface area contributed by atoms with Crippen LogP contribution >= 0.6 is 0 Å². The molecule has 0 aromatic rings. The Morgan fingerprint density at radius 1 is 1.36 bits per heavy atom. The lowest BCUT2D eigenvalue weighted by atomic mass is 10.3. The Morgan fingerprint density at radius 2 is 1.91 bits per heavy atom. The summed E-state index contributed by atoms with van der Waals surface area (Å²) in [5, 5.41) is 0. The first-order valence-corrected chi connectivity index (χ1v) is 4.54. The fourth-order valence-electron chi connectivity index (χ4n) is 0.516. The molecule has 3 N–H and O–H groups in total. The van der Waals surface area contributed by atoms with E-state index in [9.17, 15) is 8.42 Å². The van der Waals surface area contributed by atoms with Gasteiger partial charge in [0.1, 0.15) is 0 Å². The van der Waals surface area contributed by atoms with Crippen LogP contribution in [0.4, 0.5) is 0 Å². The van der Waals surface area contributed by atoms with Crippen LogP contribution in [0.5, 0.6) is 0 Å². The van der Waals surface area contributed by atoms with Crippen LogP contribution in [0.1, 0.15) is 26.2 Å². The van der Waals surface area contributed by atoms with Gasteiger partial charge in [-0.3, -0.25) is 4.55 Å². The van der Waals surface area contributed by atoms with Crippen LogP contribution in [-0.2, 0) is 14.6 Å².